The summed E-state index contributed by atoms with van der Waals surface area (Å²) in [6.07, 6.45) is 4.42. The normalized spacial score (nSPS) is 16.1. The van der Waals surface area contributed by atoms with Crippen LogP contribution in [0, 0.1) is 0 Å². The zero-order valence-corrected chi connectivity index (χ0v) is 13.7. The van der Waals surface area contributed by atoms with Crippen LogP contribution in [-0.2, 0) is 24.2 Å². The predicted octanol–water partition coefficient (Wildman–Crippen LogP) is 1.33. The first-order chi connectivity index (χ1) is 11.7. The summed E-state index contributed by atoms with van der Waals surface area (Å²) in [6.45, 7) is 2.22. The first-order valence-corrected chi connectivity index (χ1v) is 8.00. The van der Waals surface area contributed by atoms with Crippen LogP contribution in [0.4, 0.5) is 4.79 Å². The van der Waals surface area contributed by atoms with Crippen LogP contribution in [0.15, 0.2) is 36.7 Å². The molecule has 3 rings (SSSR count). The Kier molecular flexibility index (Phi) is 5.32. The number of benzene rings is 1. The van der Waals surface area contributed by atoms with Gasteiger partial charge in [0.05, 0.1) is 25.4 Å². The van der Waals surface area contributed by atoms with Crippen LogP contribution in [0.3, 0.4) is 0 Å². The molecule has 1 aliphatic rings. The second kappa shape index (κ2) is 7.83. The Morgan fingerprint density at radius 1 is 1.46 bits per heavy atom. The molecule has 128 valence electrons. The van der Waals surface area contributed by atoms with Crippen molar-refractivity contribution in [2.75, 3.05) is 20.3 Å². The van der Waals surface area contributed by atoms with E-state index in [9.17, 15) is 4.79 Å². The van der Waals surface area contributed by atoms with Gasteiger partial charge in [-0.15, -0.1) is 0 Å². The number of rotatable bonds is 6. The minimum absolute atomic E-state index is 0.0238. The van der Waals surface area contributed by atoms with Crippen LogP contribution in [-0.4, -0.2) is 42.2 Å². The molecule has 0 spiro atoms. The number of hydrogen-bond acceptors (Lipinski definition) is 4. The monoisotopic (exact) mass is 330 g/mol. The van der Waals surface area contributed by atoms with Crippen molar-refractivity contribution in [1.82, 2.24) is 20.4 Å². The topological polar surface area (TPSA) is 77.4 Å². The van der Waals surface area contributed by atoms with Gasteiger partial charge in [-0.2, -0.15) is 5.10 Å². The van der Waals surface area contributed by atoms with E-state index in [1.165, 1.54) is 0 Å². The van der Waals surface area contributed by atoms with Crippen molar-refractivity contribution >= 4 is 6.03 Å². The van der Waals surface area contributed by atoms with Crippen LogP contribution < -0.4 is 15.4 Å². The molecule has 1 aromatic heterocycles. The summed E-state index contributed by atoms with van der Waals surface area (Å²) >= 11 is 0. The number of amides is 2. The third-order valence-electron chi connectivity index (χ3n) is 3.88. The molecular weight excluding hydrogens is 308 g/mol. The predicted molar refractivity (Wildman–Crippen MR) is 88.9 cm³/mol. The lowest BCUT2D eigenvalue weighted by molar-refractivity contribution is 0.183. The maximum atomic E-state index is 12.1. The van der Waals surface area contributed by atoms with E-state index in [1.807, 2.05) is 30.5 Å². The number of nitrogens with zero attached hydrogens (tertiary/aromatic N) is 2. The minimum Gasteiger partial charge on any atom is -0.491 e. The average molecular weight is 330 g/mol. The Labute approximate surface area is 140 Å². The number of carbonyl (C=O) groups excluding carboxylic acids is 1. The van der Waals surface area contributed by atoms with Gasteiger partial charge in [0, 0.05) is 25.4 Å². The molecule has 0 saturated carbocycles. The van der Waals surface area contributed by atoms with Crippen molar-refractivity contribution in [3.63, 3.8) is 0 Å². The highest BCUT2D eigenvalue weighted by molar-refractivity contribution is 5.74. The minimum atomic E-state index is -0.201. The fraction of sp³-hybridized carbons (Fsp3) is 0.412. The van der Waals surface area contributed by atoms with Gasteiger partial charge in [0.2, 0.25) is 0 Å². The summed E-state index contributed by atoms with van der Waals surface area (Å²) in [4.78, 5) is 12.1. The number of fused-ring (bicyclic) bond motifs is 1. The largest absolute Gasteiger partial charge is 0.491 e. The van der Waals surface area contributed by atoms with Crippen molar-refractivity contribution in [3.8, 4) is 5.75 Å². The maximum Gasteiger partial charge on any atom is 0.315 e. The van der Waals surface area contributed by atoms with Crippen LogP contribution in [0.5, 0.6) is 5.75 Å². The molecule has 0 unspecified atom stereocenters. The molecule has 24 heavy (non-hydrogen) atoms. The van der Waals surface area contributed by atoms with Gasteiger partial charge < -0.3 is 20.1 Å². The quantitative estimate of drug-likeness (QED) is 0.838. The standard InChI is InChI=1S/C17H22N4O3/c1-23-7-6-21-11-13(10-19-21)9-18-17(22)20-15-8-14-4-2-3-5-16(14)24-12-15/h2-5,10-11,15H,6-9,12H2,1H3,(H2,18,20,22)/t15-/m0/s1. The van der Waals surface area contributed by atoms with E-state index in [0.717, 1.165) is 23.3 Å². The van der Waals surface area contributed by atoms with Crippen molar-refractivity contribution in [2.24, 2.45) is 0 Å². The van der Waals surface area contributed by atoms with E-state index in [0.29, 0.717) is 26.3 Å². The van der Waals surface area contributed by atoms with Crippen LogP contribution in [0.25, 0.3) is 0 Å². The third kappa shape index (κ3) is 4.26. The number of hydrogen-bond donors (Lipinski definition) is 2. The molecule has 0 radical (unpaired) electrons. The van der Waals surface area contributed by atoms with Gasteiger partial charge in [-0.05, 0) is 18.1 Å². The summed E-state index contributed by atoms with van der Waals surface area (Å²) in [7, 11) is 1.66. The summed E-state index contributed by atoms with van der Waals surface area (Å²) < 4.78 is 12.5. The number of ether oxygens (including phenoxy) is 2. The van der Waals surface area contributed by atoms with Crippen molar-refractivity contribution in [3.05, 3.63) is 47.8 Å². The number of nitrogens with one attached hydrogen (secondary N) is 2. The zero-order chi connectivity index (χ0) is 16.8. The molecule has 1 atom stereocenters. The van der Waals surface area contributed by atoms with E-state index in [2.05, 4.69) is 15.7 Å². The van der Waals surface area contributed by atoms with Gasteiger partial charge >= 0.3 is 6.03 Å². The van der Waals surface area contributed by atoms with Crippen molar-refractivity contribution in [1.29, 1.82) is 0 Å². The molecule has 0 fully saturated rings. The lowest BCUT2D eigenvalue weighted by Gasteiger charge is -2.26. The van der Waals surface area contributed by atoms with Gasteiger partial charge in [-0.1, -0.05) is 18.2 Å². The molecule has 7 heteroatoms. The van der Waals surface area contributed by atoms with Crippen molar-refractivity contribution < 1.29 is 14.3 Å². The first kappa shape index (κ1) is 16.3. The Bertz CT molecular complexity index is 686. The van der Waals surface area contributed by atoms with E-state index >= 15 is 0 Å². The first-order valence-electron chi connectivity index (χ1n) is 8.00. The number of para-hydroxylation sites is 1. The Balaban J connectivity index is 1.44. The molecule has 1 aliphatic heterocycles. The second-order valence-corrected chi connectivity index (χ2v) is 5.75. The van der Waals surface area contributed by atoms with Crippen LogP contribution in [0.1, 0.15) is 11.1 Å². The molecule has 2 N–H and O–H groups in total. The van der Waals surface area contributed by atoms with Gasteiger partial charge in [0.1, 0.15) is 12.4 Å². The van der Waals surface area contributed by atoms with Gasteiger partial charge in [-0.3, -0.25) is 4.68 Å². The van der Waals surface area contributed by atoms with Gasteiger partial charge in [-0.25, -0.2) is 4.79 Å². The van der Waals surface area contributed by atoms with Crippen molar-refractivity contribution in [2.45, 2.75) is 25.6 Å². The van der Waals surface area contributed by atoms with Gasteiger partial charge in [0.15, 0.2) is 0 Å². The molecule has 2 aromatic rings. The average Bonchev–Trinajstić information content (AvgIpc) is 3.06. The lowest BCUT2D eigenvalue weighted by atomic mass is 10.0. The molecule has 2 heterocycles. The zero-order valence-electron chi connectivity index (χ0n) is 13.7. The van der Waals surface area contributed by atoms with Gasteiger partial charge in [0.25, 0.3) is 0 Å². The van der Waals surface area contributed by atoms with E-state index < -0.39 is 0 Å². The smallest absolute Gasteiger partial charge is 0.315 e. The second-order valence-electron chi connectivity index (χ2n) is 5.75. The van der Waals surface area contributed by atoms with Crippen LogP contribution in [0.2, 0.25) is 0 Å². The third-order valence-corrected chi connectivity index (χ3v) is 3.88. The van der Waals surface area contributed by atoms with Crippen LogP contribution >= 0.6 is 0 Å². The Morgan fingerprint density at radius 3 is 3.21 bits per heavy atom. The SMILES string of the molecule is COCCn1cc(CNC(=O)N[C@@H]2COc3ccccc3C2)cn1. The summed E-state index contributed by atoms with van der Waals surface area (Å²) in [6, 6.07) is 7.68. The number of carbonyl (C=O) groups is 1. The van der Waals surface area contributed by atoms with E-state index in [1.54, 1.807) is 18.0 Å². The fourth-order valence-corrected chi connectivity index (χ4v) is 2.64. The highest BCUT2D eigenvalue weighted by Crippen LogP contribution is 2.23. The molecule has 0 bridgehead atoms. The molecule has 0 saturated heterocycles. The summed E-state index contributed by atoms with van der Waals surface area (Å²) in [5, 5.41) is 10.0. The Hall–Kier alpha value is -2.54. The molecular formula is C17H22N4O3. The molecule has 2 amide bonds. The lowest BCUT2D eigenvalue weighted by Crippen LogP contribution is -2.47. The number of methoxy groups -OCH3 is 1. The fourth-order valence-electron chi connectivity index (χ4n) is 2.64. The number of urea groups is 1. The highest BCUT2D eigenvalue weighted by atomic mass is 16.5. The summed E-state index contributed by atoms with van der Waals surface area (Å²) in [5.41, 5.74) is 2.07. The molecule has 1 aromatic carbocycles. The molecule has 7 nitrogen and oxygen atoms in total. The number of aromatic nitrogens is 2. The molecule has 0 aliphatic carbocycles. The highest BCUT2D eigenvalue weighted by Gasteiger charge is 2.20. The maximum absolute atomic E-state index is 12.1. The summed E-state index contributed by atoms with van der Waals surface area (Å²) in [5.74, 6) is 0.902. The Morgan fingerprint density at radius 2 is 2.33 bits per heavy atom. The van der Waals surface area contributed by atoms with E-state index in [4.69, 9.17) is 9.47 Å². The van der Waals surface area contributed by atoms with E-state index in [-0.39, 0.29) is 12.1 Å².